The van der Waals surface area contributed by atoms with Gasteiger partial charge >= 0.3 is 0 Å². The first-order valence-electron chi connectivity index (χ1n) is 6.09. The van der Waals surface area contributed by atoms with E-state index in [1.54, 1.807) is 6.20 Å². The lowest BCUT2D eigenvalue weighted by Crippen LogP contribution is -2.25. The third-order valence-electron chi connectivity index (χ3n) is 2.90. The number of nitrogens with two attached hydrogens (primary N) is 1. The predicted octanol–water partition coefficient (Wildman–Crippen LogP) is 1.03. The zero-order valence-electron chi connectivity index (χ0n) is 10.7. The molecule has 0 unspecified atom stereocenters. The summed E-state index contributed by atoms with van der Waals surface area (Å²) < 4.78 is 1.87. The molecule has 0 atom stereocenters. The topological polar surface area (TPSA) is 60.0 Å². The second-order valence-corrected chi connectivity index (χ2v) is 4.45. The first-order valence-corrected chi connectivity index (χ1v) is 6.09. The molecule has 2 aromatic rings. The minimum Gasteiger partial charge on any atom is -0.396 e. The summed E-state index contributed by atoms with van der Waals surface area (Å²) in [5.41, 5.74) is 7.65. The molecule has 5 nitrogen and oxygen atoms in total. The van der Waals surface area contributed by atoms with Crippen molar-refractivity contribution in [2.45, 2.75) is 13.0 Å². The van der Waals surface area contributed by atoms with E-state index < -0.39 is 0 Å². The van der Waals surface area contributed by atoms with Crippen molar-refractivity contribution >= 4 is 5.69 Å². The SMILES string of the molecule is CN(CCc1ccncc1)CCn1cc(N)cn1. The highest BCUT2D eigenvalue weighted by atomic mass is 15.3. The molecular weight excluding hydrogens is 226 g/mol. The Morgan fingerprint density at radius 3 is 2.72 bits per heavy atom. The highest BCUT2D eigenvalue weighted by Crippen LogP contribution is 2.00. The van der Waals surface area contributed by atoms with Gasteiger partial charge < -0.3 is 10.6 Å². The summed E-state index contributed by atoms with van der Waals surface area (Å²) >= 11 is 0. The van der Waals surface area contributed by atoms with Gasteiger partial charge in [-0.25, -0.2) is 0 Å². The average Bonchev–Trinajstić information content (AvgIpc) is 2.81. The molecule has 0 aromatic carbocycles. The van der Waals surface area contributed by atoms with Crippen molar-refractivity contribution in [3.05, 3.63) is 42.5 Å². The molecule has 2 N–H and O–H groups in total. The van der Waals surface area contributed by atoms with Crippen LogP contribution in [0.2, 0.25) is 0 Å². The summed E-state index contributed by atoms with van der Waals surface area (Å²) in [6, 6.07) is 4.12. The van der Waals surface area contributed by atoms with Crippen LogP contribution >= 0.6 is 0 Å². The lowest BCUT2D eigenvalue weighted by Gasteiger charge is -2.16. The van der Waals surface area contributed by atoms with Crippen LogP contribution in [0.4, 0.5) is 5.69 Å². The Bertz CT molecular complexity index is 465. The van der Waals surface area contributed by atoms with E-state index in [4.69, 9.17) is 5.73 Å². The summed E-state index contributed by atoms with van der Waals surface area (Å²) in [5, 5.41) is 4.16. The van der Waals surface area contributed by atoms with Gasteiger partial charge in [-0.1, -0.05) is 0 Å². The fourth-order valence-corrected chi connectivity index (χ4v) is 1.76. The van der Waals surface area contributed by atoms with Gasteiger partial charge in [-0.05, 0) is 31.2 Å². The minimum absolute atomic E-state index is 0.717. The molecule has 0 bridgehead atoms. The van der Waals surface area contributed by atoms with E-state index in [1.165, 1.54) is 5.56 Å². The minimum atomic E-state index is 0.717. The first-order chi connectivity index (χ1) is 8.74. The molecule has 0 amide bonds. The maximum atomic E-state index is 5.62. The van der Waals surface area contributed by atoms with Crippen molar-refractivity contribution in [2.75, 3.05) is 25.9 Å². The van der Waals surface area contributed by atoms with Gasteiger partial charge in [0, 0.05) is 31.7 Å². The number of nitrogens with zero attached hydrogens (tertiary/aromatic N) is 4. The summed E-state index contributed by atoms with van der Waals surface area (Å²) in [7, 11) is 2.12. The second kappa shape index (κ2) is 6.16. The quantitative estimate of drug-likeness (QED) is 0.826. The molecule has 2 rings (SSSR count). The Kier molecular flexibility index (Phi) is 4.30. The Morgan fingerprint density at radius 1 is 1.28 bits per heavy atom. The van der Waals surface area contributed by atoms with Crippen LogP contribution < -0.4 is 5.73 Å². The molecule has 0 aliphatic heterocycles. The van der Waals surface area contributed by atoms with E-state index >= 15 is 0 Å². The maximum absolute atomic E-state index is 5.62. The van der Waals surface area contributed by atoms with Crippen molar-refractivity contribution in [3.8, 4) is 0 Å². The number of pyridine rings is 1. The second-order valence-electron chi connectivity index (χ2n) is 4.45. The number of rotatable bonds is 6. The number of aromatic nitrogens is 3. The summed E-state index contributed by atoms with van der Waals surface area (Å²) in [6.45, 7) is 2.86. The third-order valence-corrected chi connectivity index (χ3v) is 2.90. The molecule has 2 aromatic heterocycles. The van der Waals surface area contributed by atoms with Crippen LogP contribution in [-0.4, -0.2) is 39.8 Å². The van der Waals surface area contributed by atoms with E-state index in [0.717, 1.165) is 31.7 Å². The number of hydrogen-bond acceptors (Lipinski definition) is 4. The normalized spacial score (nSPS) is 11.0. The van der Waals surface area contributed by atoms with E-state index in [1.807, 2.05) is 23.3 Å². The molecule has 5 heteroatoms. The predicted molar refractivity (Wildman–Crippen MR) is 72.1 cm³/mol. The van der Waals surface area contributed by atoms with E-state index in [2.05, 4.69) is 34.2 Å². The van der Waals surface area contributed by atoms with Crippen molar-refractivity contribution in [1.29, 1.82) is 0 Å². The van der Waals surface area contributed by atoms with Gasteiger partial charge in [0.2, 0.25) is 0 Å². The van der Waals surface area contributed by atoms with Crippen molar-refractivity contribution < 1.29 is 0 Å². The molecule has 2 heterocycles. The Balaban J connectivity index is 1.71. The van der Waals surface area contributed by atoms with E-state index in [9.17, 15) is 0 Å². The lowest BCUT2D eigenvalue weighted by molar-refractivity contribution is 0.316. The zero-order chi connectivity index (χ0) is 12.8. The number of anilines is 1. The molecular formula is C13H19N5. The van der Waals surface area contributed by atoms with E-state index in [0.29, 0.717) is 0 Å². The monoisotopic (exact) mass is 245 g/mol. The van der Waals surface area contributed by atoms with Crippen molar-refractivity contribution in [2.24, 2.45) is 0 Å². The number of likely N-dealkylation sites (N-methyl/N-ethyl adjacent to an activating group) is 1. The first kappa shape index (κ1) is 12.6. The largest absolute Gasteiger partial charge is 0.396 e. The van der Waals surface area contributed by atoms with Crippen LogP contribution in [0.3, 0.4) is 0 Å². The van der Waals surface area contributed by atoms with Crippen LogP contribution in [0, 0.1) is 0 Å². The zero-order valence-corrected chi connectivity index (χ0v) is 10.7. The van der Waals surface area contributed by atoms with Crippen LogP contribution in [0.1, 0.15) is 5.56 Å². The molecule has 0 saturated heterocycles. The molecule has 0 fully saturated rings. The van der Waals surface area contributed by atoms with Gasteiger partial charge in [0.25, 0.3) is 0 Å². The fourth-order valence-electron chi connectivity index (χ4n) is 1.76. The summed E-state index contributed by atoms with van der Waals surface area (Å²) in [5.74, 6) is 0. The van der Waals surface area contributed by atoms with Crippen LogP contribution in [-0.2, 0) is 13.0 Å². The molecule has 0 radical (unpaired) electrons. The molecule has 18 heavy (non-hydrogen) atoms. The third kappa shape index (κ3) is 3.85. The number of nitrogen functional groups attached to an aromatic ring is 1. The van der Waals surface area contributed by atoms with Crippen molar-refractivity contribution in [1.82, 2.24) is 19.7 Å². The van der Waals surface area contributed by atoms with Gasteiger partial charge in [0.05, 0.1) is 18.4 Å². The van der Waals surface area contributed by atoms with E-state index in [-0.39, 0.29) is 0 Å². The molecule has 0 aliphatic carbocycles. The van der Waals surface area contributed by atoms with Crippen molar-refractivity contribution in [3.63, 3.8) is 0 Å². The highest BCUT2D eigenvalue weighted by Gasteiger charge is 2.01. The summed E-state index contributed by atoms with van der Waals surface area (Å²) in [6.07, 6.45) is 8.25. The Labute approximate surface area is 107 Å². The van der Waals surface area contributed by atoms with Gasteiger partial charge in [-0.15, -0.1) is 0 Å². The van der Waals surface area contributed by atoms with Crippen LogP contribution in [0.15, 0.2) is 36.9 Å². The Morgan fingerprint density at radius 2 is 2.06 bits per heavy atom. The standard InChI is InChI=1S/C13H19N5/c1-17(7-4-12-2-5-15-6-3-12)8-9-18-11-13(14)10-16-18/h2-3,5-6,10-11H,4,7-9,14H2,1H3. The molecule has 0 saturated carbocycles. The lowest BCUT2D eigenvalue weighted by atomic mass is 10.2. The van der Waals surface area contributed by atoms with Gasteiger partial charge in [0.1, 0.15) is 0 Å². The van der Waals surface area contributed by atoms with Gasteiger partial charge in [-0.2, -0.15) is 5.10 Å². The summed E-state index contributed by atoms with van der Waals surface area (Å²) in [4.78, 5) is 6.30. The average molecular weight is 245 g/mol. The molecule has 0 spiro atoms. The van der Waals surface area contributed by atoms with Crippen LogP contribution in [0.25, 0.3) is 0 Å². The molecule has 96 valence electrons. The van der Waals surface area contributed by atoms with Gasteiger partial charge in [-0.3, -0.25) is 9.67 Å². The maximum Gasteiger partial charge on any atom is 0.0719 e. The smallest absolute Gasteiger partial charge is 0.0719 e. The molecule has 0 aliphatic rings. The number of hydrogen-bond donors (Lipinski definition) is 1. The highest BCUT2D eigenvalue weighted by molar-refractivity contribution is 5.30. The van der Waals surface area contributed by atoms with Gasteiger partial charge in [0.15, 0.2) is 0 Å². The Hall–Kier alpha value is -1.88. The fraction of sp³-hybridized carbons (Fsp3) is 0.385. The van der Waals surface area contributed by atoms with Crippen LogP contribution in [0.5, 0.6) is 0 Å².